The van der Waals surface area contributed by atoms with E-state index in [1.807, 2.05) is 54.6 Å². The van der Waals surface area contributed by atoms with E-state index in [1.165, 1.54) is 31.2 Å². The molecule has 3 heteroatoms. The highest BCUT2D eigenvalue weighted by Crippen LogP contribution is 2.67. The standard InChI is InChI=1S/C33H29N3/c1-33(18-26-15-25-16-27(19-33)31(25)26)28-13-11-23(12-14-28)30-17-29(22-9-7-21(20-34)8-10-22)35-32(36-30)24-5-3-2-4-6-24/h2-14,17,25-27,31H,15-16,18-19H2,1H3/t25?,26-,27+,31?,33?. The average Bonchev–Trinajstić information content (AvgIpc) is 2.91. The van der Waals surface area contributed by atoms with Crippen molar-refractivity contribution in [3.05, 3.63) is 96.1 Å². The highest BCUT2D eigenvalue weighted by Gasteiger charge is 2.59. The van der Waals surface area contributed by atoms with Crippen LogP contribution in [0.4, 0.5) is 0 Å². The van der Waals surface area contributed by atoms with Gasteiger partial charge in [0.05, 0.1) is 23.0 Å². The molecule has 5 atom stereocenters. The third-order valence-corrected chi connectivity index (χ3v) is 9.21. The molecule has 3 saturated carbocycles. The smallest absolute Gasteiger partial charge is 0.160 e. The van der Waals surface area contributed by atoms with Crippen molar-refractivity contribution in [3.8, 4) is 40.0 Å². The van der Waals surface area contributed by atoms with Gasteiger partial charge in [0.25, 0.3) is 0 Å². The van der Waals surface area contributed by atoms with Crippen LogP contribution in [0.5, 0.6) is 0 Å². The average molecular weight is 468 g/mol. The Bertz CT molecular complexity index is 1450. The minimum Gasteiger partial charge on any atom is -0.228 e. The molecule has 0 saturated heterocycles. The molecule has 3 aromatic carbocycles. The van der Waals surface area contributed by atoms with Crippen LogP contribution in [0.1, 0.15) is 43.7 Å². The number of nitriles is 1. The Kier molecular flexibility index (Phi) is 4.86. The first-order chi connectivity index (χ1) is 17.6. The summed E-state index contributed by atoms with van der Waals surface area (Å²) >= 11 is 0. The summed E-state index contributed by atoms with van der Waals surface area (Å²) in [6.45, 7) is 2.49. The highest BCUT2D eigenvalue weighted by atomic mass is 14.9. The second-order valence-corrected chi connectivity index (χ2v) is 11.4. The lowest BCUT2D eigenvalue weighted by atomic mass is 9.39. The van der Waals surface area contributed by atoms with E-state index in [0.717, 1.165) is 51.7 Å². The van der Waals surface area contributed by atoms with Gasteiger partial charge in [-0.25, -0.2) is 9.97 Å². The minimum atomic E-state index is 0.296. The lowest BCUT2D eigenvalue weighted by Crippen LogP contribution is -2.58. The van der Waals surface area contributed by atoms with Gasteiger partial charge in [-0.1, -0.05) is 73.7 Å². The van der Waals surface area contributed by atoms with Crippen molar-refractivity contribution in [1.29, 1.82) is 5.26 Å². The molecule has 0 N–H and O–H groups in total. The van der Waals surface area contributed by atoms with Crippen LogP contribution in [0.3, 0.4) is 0 Å². The first-order valence-electron chi connectivity index (χ1n) is 13.2. The summed E-state index contributed by atoms with van der Waals surface area (Å²) < 4.78 is 0. The first kappa shape index (κ1) is 21.5. The molecule has 3 aliphatic carbocycles. The molecule has 3 aliphatic rings. The second-order valence-electron chi connectivity index (χ2n) is 11.4. The van der Waals surface area contributed by atoms with Crippen LogP contribution in [-0.4, -0.2) is 9.97 Å². The minimum absolute atomic E-state index is 0.296. The summed E-state index contributed by atoms with van der Waals surface area (Å²) in [5.74, 6) is 4.74. The predicted molar refractivity (Wildman–Crippen MR) is 143 cm³/mol. The third-order valence-electron chi connectivity index (χ3n) is 9.21. The van der Waals surface area contributed by atoms with Crippen LogP contribution in [0, 0.1) is 35.0 Å². The van der Waals surface area contributed by atoms with Gasteiger partial charge >= 0.3 is 0 Å². The molecule has 1 heterocycles. The predicted octanol–water partition coefficient (Wildman–Crippen LogP) is 7.67. The van der Waals surface area contributed by atoms with Gasteiger partial charge in [-0.15, -0.1) is 0 Å². The van der Waals surface area contributed by atoms with Crippen LogP contribution in [0.15, 0.2) is 84.9 Å². The van der Waals surface area contributed by atoms with Gasteiger partial charge < -0.3 is 0 Å². The molecule has 0 amide bonds. The van der Waals surface area contributed by atoms with Crippen molar-refractivity contribution in [2.24, 2.45) is 23.7 Å². The molecule has 0 bridgehead atoms. The Balaban J connectivity index is 1.25. The monoisotopic (exact) mass is 467 g/mol. The van der Waals surface area contributed by atoms with Gasteiger partial charge in [-0.2, -0.15) is 5.26 Å². The van der Waals surface area contributed by atoms with Gasteiger partial charge in [0, 0.05) is 16.7 Å². The fourth-order valence-corrected chi connectivity index (χ4v) is 7.40. The van der Waals surface area contributed by atoms with Crippen molar-refractivity contribution >= 4 is 0 Å². The van der Waals surface area contributed by atoms with Gasteiger partial charge in [0.1, 0.15) is 0 Å². The second kappa shape index (κ2) is 8.14. The molecule has 176 valence electrons. The summed E-state index contributed by atoms with van der Waals surface area (Å²) in [7, 11) is 0. The largest absolute Gasteiger partial charge is 0.228 e. The fraction of sp³-hybridized carbons (Fsp3) is 0.303. The number of hydrogen-bond acceptors (Lipinski definition) is 3. The van der Waals surface area contributed by atoms with E-state index in [0.29, 0.717) is 16.8 Å². The lowest BCUT2D eigenvalue weighted by Gasteiger charge is -2.65. The van der Waals surface area contributed by atoms with Crippen molar-refractivity contribution in [3.63, 3.8) is 0 Å². The molecule has 0 radical (unpaired) electrons. The molecule has 3 fully saturated rings. The maximum atomic E-state index is 9.19. The number of aromatic nitrogens is 2. The van der Waals surface area contributed by atoms with E-state index in [4.69, 9.17) is 9.97 Å². The molecule has 3 nitrogen and oxygen atoms in total. The normalized spacial score (nSPS) is 27.8. The van der Waals surface area contributed by atoms with Crippen LogP contribution >= 0.6 is 0 Å². The summed E-state index contributed by atoms with van der Waals surface area (Å²) in [5, 5.41) is 9.19. The summed E-state index contributed by atoms with van der Waals surface area (Å²) in [4.78, 5) is 9.88. The quantitative estimate of drug-likeness (QED) is 0.309. The maximum absolute atomic E-state index is 9.19. The molecular formula is C33H29N3. The van der Waals surface area contributed by atoms with Crippen LogP contribution in [0.2, 0.25) is 0 Å². The highest BCUT2D eigenvalue weighted by molar-refractivity contribution is 5.72. The first-order valence-corrected chi connectivity index (χ1v) is 13.2. The molecule has 3 unspecified atom stereocenters. The van der Waals surface area contributed by atoms with Gasteiger partial charge in [0.2, 0.25) is 0 Å². The zero-order chi connectivity index (χ0) is 24.3. The van der Waals surface area contributed by atoms with E-state index in [9.17, 15) is 5.26 Å². The van der Waals surface area contributed by atoms with E-state index < -0.39 is 0 Å². The van der Waals surface area contributed by atoms with Crippen LogP contribution < -0.4 is 0 Å². The lowest BCUT2D eigenvalue weighted by molar-refractivity contribution is -0.141. The third kappa shape index (κ3) is 3.47. The summed E-state index contributed by atoms with van der Waals surface area (Å²) in [5.41, 5.74) is 7.29. The Morgan fingerprint density at radius 2 is 1.31 bits per heavy atom. The maximum Gasteiger partial charge on any atom is 0.160 e. The Labute approximate surface area is 212 Å². The topological polar surface area (TPSA) is 49.6 Å². The van der Waals surface area contributed by atoms with Crippen LogP contribution in [-0.2, 0) is 5.41 Å². The Morgan fingerprint density at radius 1 is 0.722 bits per heavy atom. The van der Waals surface area contributed by atoms with Gasteiger partial charge in [0.15, 0.2) is 5.82 Å². The van der Waals surface area contributed by atoms with Gasteiger partial charge in [-0.05, 0) is 78.5 Å². The molecule has 7 rings (SSSR count). The molecule has 0 aliphatic heterocycles. The molecule has 36 heavy (non-hydrogen) atoms. The number of hydrogen-bond donors (Lipinski definition) is 0. The molecule has 0 spiro atoms. The fourth-order valence-electron chi connectivity index (χ4n) is 7.40. The number of rotatable bonds is 4. The number of nitrogens with zero attached hydrogens (tertiary/aromatic N) is 3. The van der Waals surface area contributed by atoms with Crippen LogP contribution in [0.25, 0.3) is 33.9 Å². The van der Waals surface area contributed by atoms with Gasteiger partial charge in [-0.3, -0.25) is 0 Å². The zero-order valence-corrected chi connectivity index (χ0v) is 20.6. The Morgan fingerprint density at radius 3 is 1.86 bits per heavy atom. The molecule has 4 aromatic rings. The van der Waals surface area contributed by atoms with Crippen molar-refractivity contribution in [1.82, 2.24) is 9.97 Å². The number of benzene rings is 3. The van der Waals surface area contributed by atoms with E-state index >= 15 is 0 Å². The van der Waals surface area contributed by atoms with E-state index in [-0.39, 0.29) is 0 Å². The van der Waals surface area contributed by atoms with Crippen molar-refractivity contribution in [2.45, 2.75) is 38.0 Å². The molecular weight excluding hydrogens is 438 g/mol. The van der Waals surface area contributed by atoms with Crippen molar-refractivity contribution in [2.75, 3.05) is 0 Å². The van der Waals surface area contributed by atoms with E-state index in [2.05, 4.69) is 43.3 Å². The SMILES string of the molecule is CC1(c2ccc(-c3cc(-c4ccc(C#N)cc4)nc(-c4ccccc4)n3)cc2)C[C@H]2CC3C[C@@H](C1)C32. The van der Waals surface area contributed by atoms with Crippen molar-refractivity contribution < 1.29 is 0 Å². The van der Waals surface area contributed by atoms with E-state index in [1.54, 1.807) is 0 Å². The molecule has 1 aromatic heterocycles. The zero-order valence-electron chi connectivity index (χ0n) is 20.6. The summed E-state index contributed by atoms with van der Waals surface area (Å²) in [6.07, 6.45) is 5.63. The Hall–Kier alpha value is -3.77. The summed E-state index contributed by atoms with van der Waals surface area (Å²) in [6, 6.07) is 31.2.